The summed E-state index contributed by atoms with van der Waals surface area (Å²) in [7, 11) is 1.61. The molecule has 1 aliphatic rings. The molecule has 7 nitrogen and oxygen atoms in total. The standard InChI is InChI=1S/C24H26N4O3/c1-16-6-8-19(9-7-16)28-15-21(22(26-28)18-4-3-5-20(14-18)31-2)24(30)27-12-10-17(11-13-27)23(25)29/h3-9,14-15,17H,10-13H2,1-2H3,(H2,25,29). The molecule has 1 aliphatic heterocycles. The number of likely N-dealkylation sites (tertiary alicyclic amines) is 1. The van der Waals surface area contributed by atoms with E-state index in [9.17, 15) is 9.59 Å². The van der Waals surface area contributed by atoms with E-state index in [0.717, 1.165) is 16.8 Å². The summed E-state index contributed by atoms with van der Waals surface area (Å²) < 4.78 is 7.09. The predicted molar refractivity (Wildman–Crippen MR) is 118 cm³/mol. The van der Waals surface area contributed by atoms with E-state index in [1.807, 2.05) is 55.5 Å². The van der Waals surface area contributed by atoms with Crippen LogP contribution in [-0.2, 0) is 4.79 Å². The summed E-state index contributed by atoms with van der Waals surface area (Å²) >= 11 is 0. The number of aryl methyl sites for hydroxylation is 1. The van der Waals surface area contributed by atoms with Crippen molar-refractivity contribution in [2.45, 2.75) is 19.8 Å². The number of methoxy groups -OCH3 is 1. The summed E-state index contributed by atoms with van der Waals surface area (Å²) in [4.78, 5) is 26.7. The van der Waals surface area contributed by atoms with Gasteiger partial charge in [0.2, 0.25) is 5.91 Å². The van der Waals surface area contributed by atoms with Crippen LogP contribution in [0.2, 0.25) is 0 Å². The Morgan fingerprint density at radius 1 is 1.10 bits per heavy atom. The van der Waals surface area contributed by atoms with E-state index in [0.29, 0.717) is 42.9 Å². The molecule has 3 aromatic rings. The Morgan fingerprint density at radius 2 is 1.81 bits per heavy atom. The number of nitrogens with zero attached hydrogens (tertiary/aromatic N) is 3. The van der Waals surface area contributed by atoms with Gasteiger partial charge < -0.3 is 15.4 Å². The van der Waals surface area contributed by atoms with Crippen molar-refractivity contribution in [1.82, 2.24) is 14.7 Å². The average Bonchev–Trinajstić information content (AvgIpc) is 3.24. The number of rotatable bonds is 5. The van der Waals surface area contributed by atoms with Crippen LogP contribution >= 0.6 is 0 Å². The van der Waals surface area contributed by atoms with Crippen molar-refractivity contribution in [3.8, 4) is 22.7 Å². The van der Waals surface area contributed by atoms with Crippen molar-refractivity contribution in [2.75, 3.05) is 20.2 Å². The van der Waals surface area contributed by atoms with Crippen LogP contribution in [0.3, 0.4) is 0 Å². The molecule has 4 rings (SSSR count). The first kappa shape index (κ1) is 20.7. The Hall–Kier alpha value is -3.61. The predicted octanol–water partition coefficient (Wildman–Crippen LogP) is 3.19. The fourth-order valence-corrected chi connectivity index (χ4v) is 3.88. The van der Waals surface area contributed by atoms with Crippen LogP contribution in [-0.4, -0.2) is 46.7 Å². The number of hydrogen-bond donors (Lipinski definition) is 1. The minimum Gasteiger partial charge on any atom is -0.497 e. The summed E-state index contributed by atoms with van der Waals surface area (Å²) in [6.07, 6.45) is 2.95. The zero-order chi connectivity index (χ0) is 22.0. The van der Waals surface area contributed by atoms with Gasteiger partial charge in [-0.05, 0) is 44.0 Å². The molecule has 1 fully saturated rings. The molecule has 1 aromatic heterocycles. The van der Waals surface area contributed by atoms with Crippen molar-refractivity contribution in [3.63, 3.8) is 0 Å². The van der Waals surface area contributed by atoms with Crippen LogP contribution in [0.1, 0.15) is 28.8 Å². The van der Waals surface area contributed by atoms with Crippen LogP contribution in [0.25, 0.3) is 16.9 Å². The third kappa shape index (κ3) is 4.30. The lowest BCUT2D eigenvalue weighted by molar-refractivity contribution is -0.123. The highest BCUT2D eigenvalue weighted by Gasteiger charge is 2.29. The highest BCUT2D eigenvalue weighted by molar-refractivity contribution is 6.00. The van der Waals surface area contributed by atoms with Gasteiger partial charge in [0.1, 0.15) is 11.4 Å². The summed E-state index contributed by atoms with van der Waals surface area (Å²) in [6, 6.07) is 15.5. The molecule has 2 aromatic carbocycles. The van der Waals surface area contributed by atoms with Gasteiger partial charge in [-0.3, -0.25) is 9.59 Å². The van der Waals surface area contributed by atoms with E-state index >= 15 is 0 Å². The Morgan fingerprint density at radius 3 is 2.45 bits per heavy atom. The van der Waals surface area contributed by atoms with Gasteiger partial charge in [0.05, 0.1) is 18.4 Å². The molecule has 0 radical (unpaired) electrons. The normalized spacial score (nSPS) is 14.5. The van der Waals surface area contributed by atoms with Crippen LogP contribution in [0.4, 0.5) is 0 Å². The summed E-state index contributed by atoms with van der Waals surface area (Å²) in [5.41, 5.74) is 9.39. The SMILES string of the molecule is COc1cccc(-c2nn(-c3ccc(C)cc3)cc2C(=O)N2CCC(C(N)=O)CC2)c1. The number of nitrogens with two attached hydrogens (primary N) is 1. The first-order chi connectivity index (χ1) is 15.0. The quantitative estimate of drug-likeness (QED) is 0.689. The van der Waals surface area contributed by atoms with E-state index in [4.69, 9.17) is 15.6 Å². The molecular formula is C24H26N4O3. The maximum Gasteiger partial charge on any atom is 0.257 e. The fraction of sp³-hybridized carbons (Fsp3) is 0.292. The maximum atomic E-state index is 13.4. The van der Waals surface area contributed by atoms with Gasteiger partial charge in [-0.15, -0.1) is 0 Å². The molecule has 0 unspecified atom stereocenters. The van der Waals surface area contributed by atoms with Gasteiger partial charge in [0.25, 0.3) is 5.91 Å². The Kier molecular flexibility index (Phi) is 5.75. The van der Waals surface area contributed by atoms with E-state index in [1.165, 1.54) is 0 Å². The van der Waals surface area contributed by atoms with Crippen molar-refractivity contribution < 1.29 is 14.3 Å². The second-order valence-electron chi connectivity index (χ2n) is 7.87. The van der Waals surface area contributed by atoms with Crippen molar-refractivity contribution in [2.24, 2.45) is 11.7 Å². The number of piperidine rings is 1. The van der Waals surface area contributed by atoms with E-state index in [1.54, 1.807) is 22.9 Å². The maximum absolute atomic E-state index is 13.4. The van der Waals surface area contributed by atoms with Crippen LogP contribution in [0, 0.1) is 12.8 Å². The smallest absolute Gasteiger partial charge is 0.257 e. The minimum absolute atomic E-state index is 0.0981. The molecule has 0 atom stereocenters. The molecule has 0 aliphatic carbocycles. The van der Waals surface area contributed by atoms with Crippen molar-refractivity contribution in [1.29, 1.82) is 0 Å². The lowest BCUT2D eigenvalue weighted by Crippen LogP contribution is -2.41. The molecule has 1 saturated heterocycles. The molecule has 2 N–H and O–H groups in total. The van der Waals surface area contributed by atoms with E-state index in [-0.39, 0.29) is 17.7 Å². The zero-order valence-corrected chi connectivity index (χ0v) is 17.7. The lowest BCUT2D eigenvalue weighted by Gasteiger charge is -2.30. The Labute approximate surface area is 181 Å². The van der Waals surface area contributed by atoms with Gasteiger partial charge in [-0.2, -0.15) is 5.10 Å². The first-order valence-corrected chi connectivity index (χ1v) is 10.4. The summed E-state index contributed by atoms with van der Waals surface area (Å²) in [6.45, 7) is 3.03. The average molecular weight is 418 g/mol. The number of benzene rings is 2. The molecular weight excluding hydrogens is 392 g/mol. The third-order valence-electron chi connectivity index (χ3n) is 5.77. The molecule has 0 bridgehead atoms. The van der Waals surface area contributed by atoms with Gasteiger partial charge in [0.15, 0.2) is 0 Å². The number of carbonyl (C=O) groups excluding carboxylic acids is 2. The molecule has 0 spiro atoms. The van der Waals surface area contributed by atoms with E-state index < -0.39 is 0 Å². The lowest BCUT2D eigenvalue weighted by atomic mass is 9.95. The second-order valence-corrected chi connectivity index (χ2v) is 7.87. The Balaban J connectivity index is 1.72. The number of carbonyl (C=O) groups is 2. The second kappa shape index (κ2) is 8.63. The fourth-order valence-electron chi connectivity index (χ4n) is 3.88. The molecule has 2 amide bonds. The molecule has 0 saturated carbocycles. The van der Waals surface area contributed by atoms with Gasteiger partial charge in [-0.1, -0.05) is 29.8 Å². The number of hydrogen-bond acceptors (Lipinski definition) is 4. The van der Waals surface area contributed by atoms with Crippen LogP contribution in [0.15, 0.2) is 54.7 Å². The van der Waals surface area contributed by atoms with Crippen molar-refractivity contribution in [3.05, 3.63) is 65.9 Å². The van der Waals surface area contributed by atoms with E-state index in [2.05, 4.69) is 0 Å². The monoisotopic (exact) mass is 418 g/mol. The van der Waals surface area contributed by atoms with Crippen molar-refractivity contribution >= 4 is 11.8 Å². The minimum atomic E-state index is -0.295. The highest BCUT2D eigenvalue weighted by atomic mass is 16.5. The third-order valence-corrected chi connectivity index (χ3v) is 5.77. The number of ether oxygens (including phenoxy) is 1. The van der Waals surface area contributed by atoms with Crippen LogP contribution < -0.4 is 10.5 Å². The zero-order valence-electron chi connectivity index (χ0n) is 17.7. The Bertz CT molecular complexity index is 1100. The number of amides is 2. The highest BCUT2D eigenvalue weighted by Crippen LogP contribution is 2.29. The molecule has 2 heterocycles. The van der Waals surface area contributed by atoms with Gasteiger partial charge >= 0.3 is 0 Å². The largest absolute Gasteiger partial charge is 0.497 e. The molecule has 7 heteroatoms. The number of primary amides is 1. The molecule has 31 heavy (non-hydrogen) atoms. The van der Waals surface area contributed by atoms with Crippen LogP contribution in [0.5, 0.6) is 5.75 Å². The van der Waals surface area contributed by atoms with Gasteiger partial charge in [0, 0.05) is 30.8 Å². The molecule has 160 valence electrons. The summed E-state index contributed by atoms with van der Waals surface area (Å²) in [5, 5.41) is 4.75. The van der Waals surface area contributed by atoms with Gasteiger partial charge in [-0.25, -0.2) is 4.68 Å². The topological polar surface area (TPSA) is 90.5 Å². The summed E-state index contributed by atoms with van der Waals surface area (Å²) in [5.74, 6) is 0.135. The first-order valence-electron chi connectivity index (χ1n) is 10.4. The number of aromatic nitrogens is 2.